The number of anilines is 1. The van der Waals surface area contributed by atoms with Crippen molar-refractivity contribution in [3.05, 3.63) is 60.0 Å². The standard InChI is InChI=1S/C15H13N3O2/c1-10-6-7-18-9-13(17-14(18)8-10)15(20)16-11-2-4-12(19)5-3-11/h2-9,19H,1H3,(H,16,20). The largest absolute Gasteiger partial charge is 0.508 e. The average molecular weight is 267 g/mol. The van der Waals surface area contributed by atoms with Crippen molar-refractivity contribution < 1.29 is 9.90 Å². The van der Waals surface area contributed by atoms with E-state index >= 15 is 0 Å². The van der Waals surface area contributed by atoms with Crippen LogP contribution in [0.25, 0.3) is 5.65 Å². The summed E-state index contributed by atoms with van der Waals surface area (Å²) in [7, 11) is 0. The number of benzene rings is 1. The first-order valence-corrected chi connectivity index (χ1v) is 6.17. The first kappa shape index (κ1) is 12.2. The Bertz CT molecular complexity index is 775. The van der Waals surface area contributed by atoms with Crippen LogP contribution in [0, 0.1) is 6.92 Å². The van der Waals surface area contributed by atoms with Crippen molar-refractivity contribution in [2.24, 2.45) is 0 Å². The van der Waals surface area contributed by atoms with E-state index in [2.05, 4.69) is 10.3 Å². The van der Waals surface area contributed by atoms with E-state index in [-0.39, 0.29) is 11.7 Å². The number of hydrogen-bond acceptors (Lipinski definition) is 3. The lowest BCUT2D eigenvalue weighted by Crippen LogP contribution is -2.12. The topological polar surface area (TPSA) is 66.6 Å². The molecule has 0 fully saturated rings. The maximum absolute atomic E-state index is 12.1. The normalized spacial score (nSPS) is 10.7. The van der Waals surface area contributed by atoms with Gasteiger partial charge in [-0.3, -0.25) is 4.79 Å². The van der Waals surface area contributed by atoms with Gasteiger partial charge >= 0.3 is 0 Å². The first-order valence-electron chi connectivity index (χ1n) is 6.17. The smallest absolute Gasteiger partial charge is 0.275 e. The van der Waals surface area contributed by atoms with Crippen molar-refractivity contribution in [2.45, 2.75) is 6.92 Å². The van der Waals surface area contributed by atoms with Gasteiger partial charge in [-0.15, -0.1) is 0 Å². The van der Waals surface area contributed by atoms with Crippen molar-refractivity contribution in [3.8, 4) is 5.75 Å². The summed E-state index contributed by atoms with van der Waals surface area (Å²) in [5.74, 6) is -0.122. The van der Waals surface area contributed by atoms with Gasteiger partial charge in [-0.2, -0.15) is 0 Å². The van der Waals surface area contributed by atoms with Crippen LogP contribution >= 0.6 is 0 Å². The molecule has 0 saturated heterocycles. The summed E-state index contributed by atoms with van der Waals surface area (Å²) in [6.07, 6.45) is 3.56. The highest BCUT2D eigenvalue weighted by Gasteiger charge is 2.11. The fourth-order valence-corrected chi connectivity index (χ4v) is 1.93. The summed E-state index contributed by atoms with van der Waals surface area (Å²) in [6, 6.07) is 10.2. The van der Waals surface area contributed by atoms with E-state index in [1.807, 2.05) is 25.3 Å². The summed E-state index contributed by atoms with van der Waals surface area (Å²) in [5, 5.41) is 11.9. The lowest BCUT2D eigenvalue weighted by Gasteiger charge is -2.02. The third-order valence-corrected chi connectivity index (χ3v) is 2.97. The van der Waals surface area contributed by atoms with Crippen LogP contribution in [0.1, 0.15) is 16.1 Å². The summed E-state index contributed by atoms with van der Waals surface area (Å²) in [5.41, 5.74) is 2.79. The van der Waals surface area contributed by atoms with Crippen LogP contribution in [0.5, 0.6) is 5.75 Å². The molecule has 2 aromatic heterocycles. The number of aromatic hydroxyl groups is 1. The molecule has 0 spiro atoms. The van der Waals surface area contributed by atoms with E-state index in [0.717, 1.165) is 11.2 Å². The van der Waals surface area contributed by atoms with Crippen LogP contribution in [-0.4, -0.2) is 20.4 Å². The number of aromatic nitrogens is 2. The highest BCUT2D eigenvalue weighted by atomic mass is 16.3. The number of carbonyl (C=O) groups excluding carboxylic acids is 1. The number of nitrogens with one attached hydrogen (secondary N) is 1. The number of amides is 1. The molecule has 0 aliphatic rings. The van der Waals surface area contributed by atoms with Crippen LogP contribution in [0.4, 0.5) is 5.69 Å². The molecule has 0 radical (unpaired) electrons. The summed E-state index contributed by atoms with van der Waals surface area (Å²) in [4.78, 5) is 16.4. The molecular formula is C15H13N3O2. The van der Waals surface area contributed by atoms with Crippen molar-refractivity contribution >= 4 is 17.2 Å². The quantitative estimate of drug-likeness (QED) is 0.701. The molecule has 0 unspecified atom stereocenters. The van der Waals surface area contributed by atoms with Gasteiger partial charge in [0.05, 0.1) is 0 Å². The van der Waals surface area contributed by atoms with E-state index in [1.165, 1.54) is 12.1 Å². The van der Waals surface area contributed by atoms with Crippen LogP contribution < -0.4 is 5.32 Å². The number of phenols is 1. The second-order valence-corrected chi connectivity index (χ2v) is 4.60. The second-order valence-electron chi connectivity index (χ2n) is 4.60. The van der Waals surface area contributed by atoms with Crippen molar-refractivity contribution in [1.29, 1.82) is 0 Å². The van der Waals surface area contributed by atoms with E-state index in [1.54, 1.807) is 22.7 Å². The summed E-state index contributed by atoms with van der Waals surface area (Å²) in [6.45, 7) is 1.98. The van der Waals surface area contributed by atoms with Crippen LogP contribution in [0.15, 0.2) is 48.8 Å². The Morgan fingerprint density at radius 1 is 1.25 bits per heavy atom. The van der Waals surface area contributed by atoms with E-state index < -0.39 is 0 Å². The van der Waals surface area contributed by atoms with Crippen molar-refractivity contribution in [1.82, 2.24) is 9.38 Å². The molecule has 2 heterocycles. The van der Waals surface area contributed by atoms with Crippen LogP contribution in [0.2, 0.25) is 0 Å². The predicted molar refractivity (Wildman–Crippen MR) is 76.0 cm³/mol. The minimum Gasteiger partial charge on any atom is -0.508 e. The monoisotopic (exact) mass is 267 g/mol. The maximum atomic E-state index is 12.1. The summed E-state index contributed by atoms with van der Waals surface area (Å²) >= 11 is 0. The Morgan fingerprint density at radius 3 is 2.75 bits per heavy atom. The SMILES string of the molecule is Cc1ccn2cc(C(=O)Nc3ccc(O)cc3)nc2c1. The lowest BCUT2D eigenvalue weighted by molar-refractivity contribution is 0.102. The first-order chi connectivity index (χ1) is 9.61. The van der Waals surface area contributed by atoms with Crippen LogP contribution in [0.3, 0.4) is 0 Å². The molecule has 2 N–H and O–H groups in total. The Balaban J connectivity index is 1.86. The number of aryl methyl sites for hydroxylation is 1. The zero-order chi connectivity index (χ0) is 14.1. The Morgan fingerprint density at radius 2 is 2.00 bits per heavy atom. The minimum atomic E-state index is -0.281. The molecule has 3 rings (SSSR count). The highest BCUT2D eigenvalue weighted by molar-refractivity contribution is 6.03. The Kier molecular flexibility index (Phi) is 2.87. The molecule has 0 aliphatic carbocycles. The van der Waals surface area contributed by atoms with E-state index in [9.17, 15) is 9.90 Å². The molecule has 20 heavy (non-hydrogen) atoms. The van der Waals surface area contributed by atoms with E-state index in [4.69, 9.17) is 0 Å². The van der Waals surface area contributed by atoms with Gasteiger partial charge in [0.25, 0.3) is 5.91 Å². The zero-order valence-corrected chi connectivity index (χ0v) is 10.9. The van der Waals surface area contributed by atoms with Crippen molar-refractivity contribution in [3.63, 3.8) is 0 Å². The van der Waals surface area contributed by atoms with Gasteiger partial charge in [-0.05, 0) is 48.9 Å². The number of imidazole rings is 1. The number of fused-ring (bicyclic) bond motifs is 1. The molecule has 5 nitrogen and oxygen atoms in total. The molecule has 1 aromatic carbocycles. The van der Waals surface area contributed by atoms with Crippen LogP contribution in [-0.2, 0) is 0 Å². The zero-order valence-electron chi connectivity index (χ0n) is 10.9. The molecule has 0 saturated carbocycles. The van der Waals surface area contributed by atoms with Gasteiger partial charge in [0, 0.05) is 18.1 Å². The van der Waals surface area contributed by atoms with Gasteiger partial charge < -0.3 is 14.8 Å². The fraction of sp³-hybridized carbons (Fsp3) is 0.0667. The molecule has 100 valence electrons. The highest BCUT2D eigenvalue weighted by Crippen LogP contribution is 2.15. The minimum absolute atomic E-state index is 0.159. The molecule has 0 atom stereocenters. The van der Waals surface area contributed by atoms with E-state index in [0.29, 0.717) is 11.4 Å². The molecular weight excluding hydrogens is 254 g/mol. The lowest BCUT2D eigenvalue weighted by atomic mass is 10.3. The van der Waals surface area contributed by atoms with Crippen molar-refractivity contribution in [2.75, 3.05) is 5.32 Å². The third-order valence-electron chi connectivity index (χ3n) is 2.97. The number of pyridine rings is 1. The number of carbonyl (C=O) groups is 1. The van der Waals surface area contributed by atoms with Gasteiger partial charge in [0.2, 0.25) is 0 Å². The number of phenolic OH excluding ortho intramolecular Hbond substituents is 1. The summed E-state index contributed by atoms with van der Waals surface area (Å²) < 4.78 is 1.80. The molecule has 5 heteroatoms. The molecule has 3 aromatic rings. The molecule has 1 amide bonds. The number of hydrogen-bond donors (Lipinski definition) is 2. The van der Waals surface area contributed by atoms with Gasteiger partial charge in [0.15, 0.2) is 0 Å². The second kappa shape index (κ2) is 4.70. The van der Waals surface area contributed by atoms with Gasteiger partial charge in [0.1, 0.15) is 17.1 Å². The average Bonchev–Trinajstić information content (AvgIpc) is 2.84. The van der Waals surface area contributed by atoms with Gasteiger partial charge in [-0.25, -0.2) is 4.98 Å². The molecule has 0 bridgehead atoms. The fourth-order valence-electron chi connectivity index (χ4n) is 1.93. The number of rotatable bonds is 2. The Hall–Kier alpha value is -2.82. The third kappa shape index (κ3) is 2.33. The number of nitrogens with zero attached hydrogens (tertiary/aromatic N) is 2. The molecule has 0 aliphatic heterocycles. The Labute approximate surface area is 115 Å². The predicted octanol–water partition coefficient (Wildman–Crippen LogP) is 2.60. The maximum Gasteiger partial charge on any atom is 0.275 e. The van der Waals surface area contributed by atoms with Gasteiger partial charge in [-0.1, -0.05) is 0 Å².